The molecule has 1 saturated heterocycles. The van der Waals surface area contributed by atoms with Crippen molar-refractivity contribution >= 4 is 0 Å². The molecule has 0 bridgehead atoms. The largest absolute Gasteiger partial charge is 0.380 e. The monoisotopic (exact) mass is 228 g/mol. The van der Waals surface area contributed by atoms with Gasteiger partial charge in [-0.15, -0.1) is 0 Å². The van der Waals surface area contributed by atoms with E-state index in [0.29, 0.717) is 6.04 Å². The number of rotatable bonds is 8. The van der Waals surface area contributed by atoms with Gasteiger partial charge in [0.1, 0.15) is 0 Å². The van der Waals surface area contributed by atoms with E-state index in [1.165, 1.54) is 45.3 Å². The fourth-order valence-electron chi connectivity index (χ4n) is 2.34. The second-order valence-corrected chi connectivity index (χ2v) is 4.64. The average Bonchev–Trinajstić information content (AvgIpc) is 2.31. The zero-order chi connectivity index (χ0) is 11.6. The molecule has 1 aliphatic heterocycles. The molecule has 0 aromatic carbocycles. The van der Waals surface area contributed by atoms with Crippen LogP contribution in [-0.4, -0.2) is 50.3 Å². The Morgan fingerprint density at radius 2 is 2.12 bits per heavy atom. The van der Waals surface area contributed by atoms with Crippen molar-refractivity contribution in [1.82, 2.24) is 10.2 Å². The molecule has 1 fully saturated rings. The molecule has 1 unspecified atom stereocenters. The highest BCUT2D eigenvalue weighted by molar-refractivity contribution is 4.76. The number of nitrogens with zero attached hydrogens (tertiary/aromatic N) is 1. The summed E-state index contributed by atoms with van der Waals surface area (Å²) in [6.45, 7) is 10.7. The smallest absolute Gasteiger partial charge is 0.0593 e. The van der Waals surface area contributed by atoms with Gasteiger partial charge in [0.25, 0.3) is 0 Å². The van der Waals surface area contributed by atoms with Crippen LogP contribution in [0.4, 0.5) is 0 Å². The molecule has 16 heavy (non-hydrogen) atoms. The van der Waals surface area contributed by atoms with E-state index in [4.69, 9.17) is 4.74 Å². The Bertz CT molecular complexity index is 158. The predicted molar refractivity (Wildman–Crippen MR) is 68.9 cm³/mol. The normalized spacial score (nSPS) is 21.6. The van der Waals surface area contributed by atoms with Gasteiger partial charge in [-0.3, -0.25) is 4.90 Å². The molecule has 1 N–H and O–H groups in total. The minimum absolute atomic E-state index is 0.710. The highest BCUT2D eigenvalue weighted by Gasteiger charge is 2.15. The van der Waals surface area contributed by atoms with Gasteiger partial charge in [-0.05, 0) is 39.3 Å². The van der Waals surface area contributed by atoms with Crippen LogP contribution in [-0.2, 0) is 4.74 Å². The van der Waals surface area contributed by atoms with Crippen molar-refractivity contribution in [3.8, 4) is 0 Å². The maximum Gasteiger partial charge on any atom is 0.0593 e. The van der Waals surface area contributed by atoms with Gasteiger partial charge >= 0.3 is 0 Å². The number of hydrogen-bond donors (Lipinski definition) is 1. The van der Waals surface area contributed by atoms with Crippen LogP contribution in [0.5, 0.6) is 0 Å². The van der Waals surface area contributed by atoms with E-state index in [0.717, 1.165) is 19.8 Å². The third kappa shape index (κ3) is 5.83. The molecular formula is C13H28N2O. The molecule has 1 heterocycles. The summed E-state index contributed by atoms with van der Waals surface area (Å²) in [6, 6.07) is 0.710. The molecule has 0 amide bonds. The Balaban J connectivity index is 2.19. The molecule has 96 valence electrons. The van der Waals surface area contributed by atoms with E-state index in [1.54, 1.807) is 0 Å². The van der Waals surface area contributed by atoms with E-state index < -0.39 is 0 Å². The number of nitrogens with one attached hydrogen (secondary N) is 1. The summed E-state index contributed by atoms with van der Waals surface area (Å²) in [7, 11) is 0. The zero-order valence-electron chi connectivity index (χ0n) is 11.0. The Morgan fingerprint density at radius 1 is 1.25 bits per heavy atom. The minimum atomic E-state index is 0.710. The fraction of sp³-hybridized carbons (Fsp3) is 1.00. The van der Waals surface area contributed by atoms with Crippen molar-refractivity contribution in [2.75, 3.05) is 39.4 Å². The first kappa shape index (κ1) is 13.9. The van der Waals surface area contributed by atoms with Gasteiger partial charge in [0, 0.05) is 25.7 Å². The molecule has 0 radical (unpaired) electrons. The topological polar surface area (TPSA) is 24.5 Å². The molecule has 1 atom stereocenters. The van der Waals surface area contributed by atoms with Crippen LogP contribution in [0.25, 0.3) is 0 Å². The molecule has 3 heteroatoms. The van der Waals surface area contributed by atoms with Crippen molar-refractivity contribution in [1.29, 1.82) is 0 Å². The lowest BCUT2D eigenvalue weighted by atomic mass is 10.0. The molecule has 0 aromatic rings. The van der Waals surface area contributed by atoms with Gasteiger partial charge < -0.3 is 10.1 Å². The second kappa shape index (κ2) is 8.97. The summed E-state index contributed by atoms with van der Waals surface area (Å²) in [6.07, 6.45) is 5.32. The van der Waals surface area contributed by atoms with Crippen molar-refractivity contribution in [2.24, 2.45) is 0 Å². The Labute approximate surface area is 101 Å². The van der Waals surface area contributed by atoms with Crippen LogP contribution in [0.1, 0.15) is 39.5 Å². The lowest BCUT2D eigenvalue weighted by molar-refractivity contribution is 0.107. The molecular weight excluding hydrogens is 200 g/mol. The molecule has 3 nitrogen and oxygen atoms in total. The van der Waals surface area contributed by atoms with Gasteiger partial charge in [-0.1, -0.05) is 13.3 Å². The molecule has 1 rings (SSSR count). The molecule has 0 saturated carbocycles. The predicted octanol–water partition coefficient (Wildman–Crippen LogP) is 1.88. The standard InChI is InChI=1S/C13H28N2O/c1-3-9-15(10-11-16-4-2)12-13-7-5-6-8-14-13/h13-14H,3-12H2,1-2H3. The van der Waals surface area contributed by atoms with Gasteiger partial charge in [0.15, 0.2) is 0 Å². The van der Waals surface area contributed by atoms with Crippen molar-refractivity contribution in [3.63, 3.8) is 0 Å². The Hall–Kier alpha value is -0.120. The van der Waals surface area contributed by atoms with Crippen molar-refractivity contribution in [2.45, 2.75) is 45.6 Å². The third-order valence-electron chi connectivity index (χ3n) is 3.19. The van der Waals surface area contributed by atoms with Gasteiger partial charge in [0.05, 0.1) is 6.61 Å². The van der Waals surface area contributed by atoms with E-state index in [9.17, 15) is 0 Å². The quantitative estimate of drug-likeness (QED) is 0.642. The van der Waals surface area contributed by atoms with Crippen molar-refractivity contribution in [3.05, 3.63) is 0 Å². The number of hydrogen-bond acceptors (Lipinski definition) is 3. The van der Waals surface area contributed by atoms with Crippen LogP contribution < -0.4 is 5.32 Å². The first-order chi connectivity index (χ1) is 7.86. The summed E-state index contributed by atoms with van der Waals surface area (Å²) in [5.74, 6) is 0. The minimum Gasteiger partial charge on any atom is -0.380 e. The molecule has 0 aliphatic carbocycles. The number of ether oxygens (including phenoxy) is 1. The maximum atomic E-state index is 5.44. The van der Waals surface area contributed by atoms with Crippen LogP contribution >= 0.6 is 0 Å². The van der Waals surface area contributed by atoms with Gasteiger partial charge in [-0.25, -0.2) is 0 Å². The van der Waals surface area contributed by atoms with Gasteiger partial charge in [-0.2, -0.15) is 0 Å². The zero-order valence-corrected chi connectivity index (χ0v) is 11.0. The fourth-order valence-corrected chi connectivity index (χ4v) is 2.34. The summed E-state index contributed by atoms with van der Waals surface area (Å²) >= 11 is 0. The maximum absolute atomic E-state index is 5.44. The van der Waals surface area contributed by atoms with Crippen LogP contribution in [0.15, 0.2) is 0 Å². The first-order valence-corrected chi connectivity index (χ1v) is 6.90. The lowest BCUT2D eigenvalue weighted by Crippen LogP contribution is -2.44. The number of piperidine rings is 1. The van der Waals surface area contributed by atoms with E-state index in [1.807, 2.05) is 0 Å². The first-order valence-electron chi connectivity index (χ1n) is 6.90. The van der Waals surface area contributed by atoms with Crippen LogP contribution in [0.3, 0.4) is 0 Å². The van der Waals surface area contributed by atoms with Crippen LogP contribution in [0, 0.1) is 0 Å². The second-order valence-electron chi connectivity index (χ2n) is 4.64. The van der Waals surface area contributed by atoms with E-state index >= 15 is 0 Å². The summed E-state index contributed by atoms with van der Waals surface area (Å²) in [5.41, 5.74) is 0. The Morgan fingerprint density at radius 3 is 2.75 bits per heavy atom. The van der Waals surface area contributed by atoms with Crippen molar-refractivity contribution < 1.29 is 4.74 Å². The molecule has 0 spiro atoms. The van der Waals surface area contributed by atoms with E-state index in [2.05, 4.69) is 24.1 Å². The summed E-state index contributed by atoms with van der Waals surface area (Å²) in [5, 5.41) is 3.62. The van der Waals surface area contributed by atoms with E-state index in [-0.39, 0.29) is 0 Å². The summed E-state index contributed by atoms with van der Waals surface area (Å²) < 4.78 is 5.44. The molecule has 0 aromatic heterocycles. The summed E-state index contributed by atoms with van der Waals surface area (Å²) in [4.78, 5) is 2.54. The van der Waals surface area contributed by atoms with Crippen LogP contribution in [0.2, 0.25) is 0 Å². The lowest BCUT2D eigenvalue weighted by Gasteiger charge is -2.30. The third-order valence-corrected chi connectivity index (χ3v) is 3.19. The SMILES string of the molecule is CCCN(CCOCC)CC1CCCCN1. The highest BCUT2D eigenvalue weighted by atomic mass is 16.5. The highest BCUT2D eigenvalue weighted by Crippen LogP contribution is 2.08. The van der Waals surface area contributed by atoms with Gasteiger partial charge in [0.2, 0.25) is 0 Å². The Kier molecular flexibility index (Phi) is 7.81. The molecule has 1 aliphatic rings. The average molecular weight is 228 g/mol.